The van der Waals surface area contributed by atoms with Crippen LogP contribution in [-0.4, -0.2) is 36.1 Å². The molecule has 1 aromatic rings. The van der Waals surface area contributed by atoms with Crippen molar-refractivity contribution in [1.82, 2.24) is 9.88 Å². The molecule has 1 fully saturated rings. The van der Waals surface area contributed by atoms with Crippen LogP contribution in [0.15, 0.2) is 12.3 Å². The molecule has 2 heterocycles. The summed E-state index contributed by atoms with van der Waals surface area (Å²) in [5.41, 5.74) is 0. The molecule has 16 heavy (non-hydrogen) atoms. The zero-order valence-electron chi connectivity index (χ0n) is 9.05. The molecular formula is C11H15F2N3. The van der Waals surface area contributed by atoms with Gasteiger partial charge in [-0.05, 0) is 25.9 Å². The van der Waals surface area contributed by atoms with E-state index in [1.54, 1.807) is 0 Å². The number of nitrogens with zero attached hydrogens (tertiary/aromatic N) is 2. The molecule has 88 valence electrons. The zero-order chi connectivity index (χ0) is 11.4. The molecule has 0 bridgehead atoms. The Labute approximate surface area is 93.5 Å². The van der Waals surface area contributed by atoms with Crippen LogP contribution in [0.3, 0.4) is 0 Å². The van der Waals surface area contributed by atoms with E-state index in [2.05, 4.69) is 15.2 Å². The van der Waals surface area contributed by atoms with E-state index in [-0.39, 0.29) is 5.82 Å². The van der Waals surface area contributed by atoms with Crippen LogP contribution in [0.4, 0.5) is 14.6 Å². The average Bonchev–Trinajstić information content (AvgIpc) is 2.74. The van der Waals surface area contributed by atoms with E-state index in [1.165, 1.54) is 12.8 Å². The third-order valence-corrected chi connectivity index (χ3v) is 2.73. The van der Waals surface area contributed by atoms with Gasteiger partial charge in [0.05, 0.1) is 6.20 Å². The minimum atomic E-state index is -0.650. The quantitative estimate of drug-likeness (QED) is 0.851. The maximum absolute atomic E-state index is 13.2. The highest BCUT2D eigenvalue weighted by molar-refractivity contribution is 5.35. The molecule has 3 nitrogen and oxygen atoms in total. The topological polar surface area (TPSA) is 28.2 Å². The van der Waals surface area contributed by atoms with Crippen LogP contribution >= 0.6 is 0 Å². The van der Waals surface area contributed by atoms with Crippen LogP contribution in [-0.2, 0) is 0 Å². The fourth-order valence-corrected chi connectivity index (χ4v) is 1.88. The summed E-state index contributed by atoms with van der Waals surface area (Å²) >= 11 is 0. The number of hydrogen-bond acceptors (Lipinski definition) is 3. The highest BCUT2D eigenvalue weighted by atomic mass is 19.1. The molecule has 1 aliphatic heterocycles. The first-order chi connectivity index (χ1) is 7.75. The third kappa shape index (κ3) is 2.88. The lowest BCUT2D eigenvalue weighted by atomic mass is 10.4. The first kappa shape index (κ1) is 11.3. The number of rotatable bonds is 4. The zero-order valence-corrected chi connectivity index (χ0v) is 9.05. The molecule has 0 unspecified atom stereocenters. The lowest BCUT2D eigenvalue weighted by Gasteiger charge is -2.15. The van der Waals surface area contributed by atoms with Gasteiger partial charge in [0.2, 0.25) is 0 Å². The molecule has 5 heteroatoms. The van der Waals surface area contributed by atoms with Gasteiger partial charge in [-0.1, -0.05) is 0 Å². The Morgan fingerprint density at radius 1 is 1.31 bits per heavy atom. The van der Waals surface area contributed by atoms with Crippen LogP contribution in [0.1, 0.15) is 12.8 Å². The lowest BCUT2D eigenvalue weighted by molar-refractivity contribution is 0.352. The highest BCUT2D eigenvalue weighted by Crippen LogP contribution is 2.11. The summed E-state index contributed by atoms with van der Waals surface area (Å²) in [7, 11) is 0. The van der Waals surface area contributed by atoms with E-state index in [9.17, 15) is 8.78 Å². The number of nitrogens with one attached hydrogen (secondary N) is 1. The first-order valence-electron chi connectivity index (χ1n) is 5.53. The first-order valence-corrected chi connectivity index (χ1v) is 5.53. The molecule has 1 aromatic heterocycles. The van der Waals surface area contributed by atoms with Crippen LogP contribution in [0.2, 0.25) is 0 Å². The smallest absolute Gasteiger partial charge is 0.168 e. The molecule has 0 aliphatic carbocycles. The van der Waals surface area contributed by atoms with Gasteiger partial charge < -0.3 is 10.2 Å². The Balaban J connectivity index is 1.80. The van der Waals surface area contributed by atoms with Crippen LogP contribution in [0.25, 0.3) is 0 Å². The van der Waals surface area contributed by atoms with Crippen molar-refractivity contribution in [2.24, 2.45) is 0 Å². The van der Waals surface area contributed by atoms with Crippen molar-refractivity contribution in [2.75, 3.05) is 31.5 Å². The Kier molecular flexibility index (Phi) is 3.66. The van der Waals surface area contributed by atoms with Gasteiger partial charge in [-0.2, -0.15) is 0 Å². The van der Waals surface area contributed by atoms with E-state index < -0.39 is 11.6 Å². The predicted molar refractivity (Wildman–Crippen MR) is 58.3 cm³/mol. The van der Waals surface area contributed by atoms with Crippen molar-refractivity contribution in [3.63, 3.8) is 0 Å². The normalized spacial score (nSPS) is 16.6. The van der Waals surface area contributed by atoms with E-state index in [0.717, 1.165) is 31.9 Å². The van der Waals surface area contributed by atoms with Crippen LogP contribution in [0.5, 0.6) is 0 Å². The minimum Gasteiger partial charge on any atom is -0.366 e. The van der Waals surface area contributed by atoms with Gasteiger partial charge in [0.1, 0.15) is 5.82 Å². The van der Waals surface area contributed by atoms with E-state index >= 15 is 0 Å². The van der Waals surface area contributed by atoms with Gasteiger partial charge >= 0.3 is 0 Å². The number of halogens is 2. The lowest BCUT2D eigenvalue weighted by Crippen LogP contribution is -2.26. The van der Waals surface area contributed by atoms with E-state index in [0.29, 0.717) is 6.54 Å². The second-order valence-corrected chi connectivity index (χ2v) is 3.96. The molecule has 0 amide bonds. The van der Waals surface area contributed by atoms with Crippen molar-refractivity contribution in [3.05, 3.63) is 23.9 Å². The second-order valence-electron chi connectivity index (χ2n) is 3.96. The van der Waals surface area contributed by atoms with Gasteiger partial charge in [-0.25, -0.2) is 13.8 Å². The van der Waals surface area contributed by atoms with Crippen molar-refractivity contribution >= 4 is 5.82 Å². The minimum absolute atomic E-state index is 0.126. The fraction of sp³-hybridized carbons (Fsp3) is 0.545. The molecule has 0 radical (unpaired) electrons. The van der Waals surface area contributed by atoms with Gasteiger partial charge in [0.15, 0.2) is 11.6 Å². The largest absolute Gasteiger partial charge is 0.366 e. The Bertz CT molecular complexity index is 351. The Morgan fingerprint density at radius 3 is 2.75 bits per heavy atom. The number of likely N-dealkylation sites (tertiary alicyclic amines) is 1. The summed E-state index contributed by atoms with van der Waals surface area (Å²) in [6, 6.07) is 0.838. The van der Waals surface area contributed by atoms with Gasteiger partial charge in [0.25, 0.3) is 0 Å². The summed E-state index contributed by atoms with van der Waals surface area (Å²) in [5, 5.41) is 2.87. The number of anilines is 1. The van der Waals surface area contributed by atoms with Gasteiger partial charge in [0, 0.05) is 19.2 Å². The van der Waals surface area contributed by atoms with Crippen molar-refractivity contribution in [2.45, 2.75) is 12.8 Å². The predicted octanol–water partition coefficient (Wildman–Crippen LogP) is 1.87. The summed E-state index contributed by atoms with van der Waals surface area (Å²) in [6.45, 7) is 3.73. The van der Waals surface area contributed by atoms with Crippen molar-refractivity contribution in [1.29, 1.82) is 0 Å². The summed E-state index contributed by atoms with van der Waals surface area (Å²) < 4.78 is 25.7. The summed E-state index contributed by atoms with van der Waals surface area (Å²) in [5.74, 6) is -1.16. The summed E-state index contributed by atoms with van der Waals surface area (Å²) in [4.78, 5) is 5.98. The maximum atomic E-state index is 13.2. The van der Waals surface area contributed by atoms with Gasteiger partial charge in [-0.3, -0.25) is 0 Å². The molecule has 1 N–H and O–H groups in total. The van der Waals surface area contributed by atoms with E-state index in [4.69, 9.17) is 0 Å². The SMILES string of the molecule is Fc1cnc(NCCN2CCCC2)c(F)c1. The molecule has 1 saturated heterocycles. The Morgan fingerprint density at radius 2 is 2.06 bits per heavy atom. The van der Waals surface area contributed by atoms with Crippen molar-refractivity contribution in [3.8, 4) is 0 Å². The average molecular weight is 227 g/mol. The number of hydrogen-bond donors (Lipinski definition) is 1. The van der Waals surface area contributed by atoms with E-state index in [1.807, 2.05) is 0 Å². The van der Waals surface area contributed by atoms with Crippen LogP contribution < -0.4 is 5.32 Å². The fourth-order valence-electron chi connectivity index (χ4n) is 1.88. The number of aromatic nitrogens is 1. The molecule has 0 saturated carbocycles. The standard InChI is InChI=1S/C11H15F2N3/c12-9-7-10(13)11(15-8-9)14-3-6-16-4-1-2-5-16/h7-8H,1-6H2,(H,14,15). The highest BCUT2D eigenvalue weighted by Gasteiger charge is 2.11. The molecule has 2 rings (SSSR count). The monoisotopic (exact) mass is 227 g/mol. The molecular weight excluding hydrogens is 212 g/mol. The molecule has 1 aliphatic rings. The van der Waals surface area contributed by atoms with Crippen LogP contribution in [0, 0.1) is 11.6 Å². The maximum Gasteiger partial charge on any atom is 0.168 e. The third-order valence-electron chi connectivity index (χ3n) is 2.73. The van der Waals surface area contributed by atoms with Crippen molar-refractivity contribution < 1.29 is 8.78 Å². The van der Waals surface area contributed by atoms with Gasteiger partial charge in [-0.15, -0.1) is 0 Å². The molecule has 0 atom stereocenters. The summed E-state index contributed by atoms with van der Waals surface area (Å²) in [6.07, 6.45) is 3.49. The molecule has 0 spiro atoms. The number of pyridine rings is 1. The Hall–Kier alpha value is -1.23. The molecule has 0 aromatic carbocycles. The second kappa shape index (κ2) is 5.21.